The SMILES string of the molecule is O=C(OCc1ccccc1)c1cccc(CN2CCCC(Cc3cccc4cnccc34)C2)c1. The molecule has 4 nitrogen and oxygen atoms in total. The van der Waals surface area contributed by atoms with Gasteiger partial charge in [-0.05, 0) is 72.0 Å². The van der Waals surface area contributed by atoms with Crippen LogP contribution < -0.4 is 0 Å². The number of esters is 1. The molecule has 1 unspecified atom stereocenters. The van der Waals surface area contributed by atoms with Crippen LogP contribution in [0.25, 0.3) is 10.8 Å². The minimum absolute atomic E-state index is 0.271. The highest BCUT2D eigenvalue weighted by atomic mass is 16.5. The van der Waals surface area contributed by atoms with E-state index in [-0.39, 0.29) is 5.97 Å². The zero-order chi connectivity index (χ0) is 23.2. The first-order valence-corrected chi connectivity index (χ1v) is 12.1. The molecule has 0 aliphatic carbocycles. The van der Waals surface area contributed by atoms with E-state index in [2.05, 4.69) is 40.2 Å². The lowest BCUT2D eigenvalue weighted by Gasteiger charge is -2.33. The van der Waals surface area contributed by atoms with E-state index in [1.54, 1.807) is 0 Å². The van der Waals surface area contributed by atoms with Gasteiger partial charge in [-0.25, -0.2) is 4.79 Å². The molecule has 1 fully saturated rings. The number of carbonyl (C=O) groups excluding carboxylic acids is 1. The van der Waals surface area contributed by atoms with Crippen LogP contribution >= 0.6 is 0 Å². The third kappa shape index (κ3) is 5.52. The predicted octanol–water partition coefficient (Wildman–Crippen LogP) is 6.05. The topological polar surface area (TPSA) is 42.4 Å². The summed E-state index contributed by atoms with van der Waals surface area (Å²) in [5.74, 6) is 0.360. The Balaban J connectivity index is 1.20. The molecule has 1 atom stereocenters. The summed E-state index contributed by atoms with van der Waals surface area (Å²) < 4.78 is 5.52. The average molecular weight is 451 g/mol. The maximum atomic E-state index is 12.6. The number of nitrogens with zero attached hydrogens (tertiary/aromatic N) is 2. The molecule has 2 heterocycles. The number of aromatic nitrogens is 1. The van der Waals surface area contributed by atoms with Crippen molar-refractivity contribution in [1.29, 1.82) is 0 Å². The van der Waals surface area contributed by atoms with E-state index in [1.165, 1.54) is 29.2 Å². The maximum absolute atomic E-state index is 12.6. The van der Waals surface area contributed by atoms with Crippen LogP contribution in [-0.2, 0) is 24.3 Å². The number of hydrogen-bond donors (Lipinski definition) is 0. The standard InChI is InChI=1S/C30H30N2O2/c33-30(34-22-23-7-2-1-3-8-23)27-12-4-9-24(18-27)20-32-16-6-10-25(21-32)17-26-11-5-13-28-19-31-15-14-29(26)28/h1-5,7-9,11-15,18-19,25H,6,10,16-17,20-22H2. The Morgan fingerprint density at radius 3 is 2.74 bits per heavy atom. The van der Waals surface area contributed by atoms with Crippen molar-refractivity contribution < 1.29 is 9.53 Å². The van der Waals surface area contributed by atoms with Crippen molar-refractivity contribution in [2.75, 3.05) is 13.1 Å². The van der Waals surface area contributed by atoms with E-state index < -0.39 is 0 Å². The molecule has 3 aromatic carbocycles. The van der Waals surface area contributed by atoms with Gasteiger partial charge in [0.1, 0.15) is 6.61 Å². The maximum Gasteiger partial charge on any atom is 0.338 e. The first-order valence-electron chi connectivity index (χ1n) is 12.1. The van der Waals surface area contributed by atoms with Gasteiger partial charge in [0.15, 0.2) is 0 Å². The summed E-state index contributed by atoms with van der Waals surface area (Å²) in [5.41, 5.74) is 4.18. The monoisotopic (exact) mass is 450 g/mol. The highest BCUT2D eigenvalue weighted by Crippen LogP contribution is 2.26. The number of carbonyl (C=O) groups is 1. The van der Waals surface area contributed by atoms with Crippen molar-refractivity contribution in [2.24, 2.45) is 5.92 Å². The number of pyridine rings is 1. The summed E-state index contributed by atoms with van der Waals surface area (Å²) in [6.07, 6.45) is 7.38. The molecule has 4 heteroatoms. The minimum atomic E-state index is -0.271. The zero-order valence-corrected chi connectivity index (χ0v) is 19.4. The number of rotatable bonds is 7. The summed E-state index contributed by atoms with van der Waals surface area (Å²) in [5, 5.41) is 2.53. The number of benzene rings is 3. The molecule has 0 N–H and O–H groups in total. The summed E-state index contributed by atoms with van der Waals surface area (Å²) in [4.78, 5) is 19.4. The molecule has 1 aliphatic heterocycles. The second-order valence-corrected chi connectivity index (χ2v) is 9.22. The molecule has 1 aromatic heterocycles. The zero-order valence-electron chi connectivity index (χ0n) is 19.4. The van der Waals surface area contributed by atoms with Crippen LogP contribution in [-0.4, -0.2) is 28.9 Å². The van der Waals surface area contributed by atoms with E-state index in [9.17, 15) is 4.79 Å². The molecule has 0 saturated carbocycles. The molecule has 4 aromatic rings. The van der Waals surface area contributed by atoms with Crippen LogP contribution in [0.3, 0.4) is 0 Å². The van der Waals surface area contributed by atoms with Crippen LogP contribution in [0.4, 0.5) is 0 Å². The molecule has 0 radical (unpaired) electrons. The lowest BCUT2D eigenvalue weighted by molar-refractivity contribution is 0.0472. The van der Waals surface area contributed by atoms with Gasteiger partial charge in [-0.1, -0.05) is 60.7 Å². The number of hydrogen-bond acceptors (Lipinski definition) is 4. The molecule has 1 saturated heterocycles. The Morgan fingerprint density at radius 1 is 0.971 bits per heavy atom. The molecule has 0 bridgehead atoms. The summed E-state index contributed by atoms with van der Waals surface area (Å²) in [7, 11) is 0. The second kappa shape index (κ2) is 10.6. The fraction of sp³-hybridized carbons (Fsp3) is 0.267. The first kappa shape index (κ1) is 22.3. The van der Waals surface area contributed by atoms with E-state index in [4.69, 9.17) is 4.74 Å². The smallest absolute Gasteiger partial charge is 0.338 e. The molecular formula is C30H30N2O2. The molecule has 5 rings (SSSR count). The molecular weight excluding hydrogens is 420 g/mol. The number of ether oxygens (including phenoxy) is 1. The fourth-order valence-electron chi connectivity index (χ4n) is 5.00. The molecule has 0 amide bonds. The van der Waals surface area contributed by atoms with Crippen LogP contribution in [0, 0.1) is 5.92 Å². The van der Waals surface area contributed by atoms with Gasteiger partial charge in [0.05, 0.1) is 5.56 Å². The van der Waals surface area contributed by atoms with Gasteiger partial charge in [0.2, 0.25) is 0 Å². The largest absolute Gasteiger partial charge is 0.457 e. The van der Waals surface area contributed by atoms with E-state index in [1.807, 2.05) is 60.9 Å². The number of piperidine rings is 1. The fourth-order valence-corrected chi connectivity index (χ4v) is 5.00. The van der Waals surface area contributed by atoms with Crippen molar-refractivity contribution in [3.05, 3.63) is 114 Å². The summed E-state index contributed by atoms with van der Waals surface area (Å²) in [6.45, 7) is 3.32. The van der Waals surface area contributed by atoms with Crippen LogP contribution in [0.15, 0.2) is 91.3 Å². The van der Waals surface area contributed by atoms with Crippen LogP contribution in [0.2, 0.25) is 0 Å². The van der Waals surface area contributed by atoms with Gasteiger partial charge in [-0.15, -0.1) is 0 Å². The quantitative estimate of drug-likeness (QED) is 0.322. The third-order valence-electron chi connectivity index (χ3n) is 6.66. The average Bonchev–Trinajstić information content (AvgIpc) is 2.88. The molecule has 0 spiro atoms. The molecule has 1 aliphatic rings. The summed E-state index contributed by atoms with van der Waals surface area (Å²) >= 11 is 0. The Bertz CT molecular complexity index is 1250. The van der Waals surface area contributed by atoms with Crippen molar-refractivity contribution in [3.63, 3.8) is 0 Å². The first-order chi connectivity index (χ1) is 16.7. The molecule has 172 valence electrons. The van der Waals surface area contributed by atoms with Crippen LogP contribution in [0.1, 0.15) is 39.9 Å². The van der Waals surface area contributed by atoms with Gasteiger partial charge in [-0.2, -0.15) is 0 Å². The van der Waals surface area contributed by atoms with Crippen molar-refractivity contribution in [3.8, 4) is 0 Å². The predicted molar refractivity (Wildman–Crippen MR) is 135 cm³/mol. The Morgan fingerprint density at radius 2 is 1.82 bits per heavy atom. The lowest BCUT2D eigenvalue weighted by atomic mass is 9.89. The van der Waals surface area contributed by atoms with Gasteiger partial charge in [0, 0.05) is 30.9 Å². The highest BCUT2D eigenvalue weighted by Gasteiger charge is 2.21. The van der Waals surface area contributed by atoms with Gasteiger partial charge in [0.25, 0.3) is 0 Å². The normalized spacial score (nSPS) is 16.4. The third-order valence-corrected chi connectivity index (χ3v) is 6.66. The van der Waals surface area contributed by atoms with Gasteiger partial charge in [-0.3, -0.25) is 9.88 Å². The van der Waals surface area contributed by atoms with E-state index in [0.29, 0.717) is 18.1 Å². The lowest BCUT2D eigenvalue weighted by Crippen LogP contribution is -2.35. The Labute approximate surface area is 201 Å². The Hall–Kier alpha value is -3.50. The Kier molecular flexibility index (Phi) is 6.97. The highest BCUT2D eigenvalue weighted by molar-refractivity contribution is 5.89. The van der Waals surface area contributed by atoms with Crippen LogP contribution in [0.5, 0.6) is 0 Å². The van der Waals surface area contributed by atoms with E-state index in [0.717, 1.165) is 37.2 Å². The molecule has 34 heavy (non-hydrogen) atoms. The minimum Gasteiger partial charge on any atom is -0.457 e. The van der Waals surface area contributed by atoms with E-state index >= 15 is 0 Å². The van der Waals surface area contributed by atoms with Gasteiger partial charge < -0.3 is 4.74 Å². The summed E-state index contributed by atoms with van der Waals surface area (Å²) in [6, 6.07) is 26.3. The number of likely N-dealkylation sites (tertiary alicyclic amines) is 1. The van der Waals surface area contributed by atoms with Crippen molar-refractivity contribution >= 4 is 16.7 Å². The van der Waals surface area contributed by atoms with Crippen molar-refractivity contribution in [2.45, 2.75) is 32.4 Å². The second-order valence-electron chi connectivity index (χ2n) is 9.22. The van der Waals surface area contributed by atoms with Crippen molar-refractivity contribution in [1.82, 2.24) is 9.88 Å². The number of fused-ring (bicyclic) bond motifs is 1. The van der Waals surface area contributed by atoms with Gasteiger partial charge >= 0.3 is 5.97 Å².